The molecule has 2 aromatic carbocycles. The molecule has 1 aromatic heterocycles. The highest BCUT2D eigenvalue weighted by atomic mass is 35.5. The van der Waals surface area contributed by atoms with Crippen LogP contribution < -0.4 is 19.7 Å². The number of hydrogen-bond acceptors (Lipinski definition) is 7. The Labute approximate surface area is 183 Å². The van der Waals surface area contributed by atoms with E-state index >= 15 is 0 Å². The van der Waals surface area contributed by atoms with Crippen LogP contribution >= 0.6 is 22.9 Å². The van der Waals surface area contributed by atoms with Gasteiger partial charge >= 0.3 is 0 Å². The van der Waals surface area contributed by atoms with E-state index in [4.69, 9.17) is 30.8 Å². The largest absolute Gasteiger partial charge is 0.493 e. The standard InChI is InChI=1S/C21H22ClN3O4S/c1-3-29-19-15(22)10-13(11-17(19)27-2)20(26)23-14-4-5-16-18(12-14)30-21(24-16)25-6-8-28-9-7-25/h4-5,10-12H,3,6-9H2,1-2H3,(H,23,26). The van der Waals surface area contributed by atoms with Crippen molar-refractivity contribution in [3.63, 3.8) is 0 Å². The number of carbonyl (C=O) groups is 1. The number of amides is 1. The van der Waals surface area contributed by atoms with Gasteiger partial charge in [0.05, 0.1) is 42.2 Å². The fraction of sp³-hybridized carbons (Fsp3) is 0.333. The van der Waals surface area contributed by atoms with Crippen LogP contribution in [0.5, 0.6) is 11.5 Å². The minimum absolute atomic E-state index is 0.282. The monoisotopic (exact) mass is 447 g/mol. The van der Waals surface area contributed by atoms with Crippen molar-refractivity contribution in [1.82, 2.24) is 4.98 Å². The molecule has 9 heteroatoms. The van der Waals surface area contributed by atoms with Gasteiger partial charge in [0.15, 0.2) is 16.6 Å². The highest BCUT2D eigenvalue weighted by Gasteiger charge is 2.18. The van der Waals surface area contributed by atoms with Gasteiger partial charge in [-0.2, -0.15) is 0 Å². The molecule has 0 aliphatic carbocycles. The topological polar surface area (TPSA) is 72.9 Å². The zero-order valence-corrected chi connectivity index (χ0v) is 18.3. The lowest BCUT2D eigenvalue weighted by atomic mass is 10.1. The Morgan fingerprint density at radius 1 is 1.30 bits per heavy atom. The molecule has 0 spiro atoms. The van der Waals surface area contributed by atoms with Gasteiger partial charge in [-0.15, -0.1) is 0 Å². The summed E-state index contributed by atoms with van der Waals surface area (Å²) in [5, 5.41) is 4.22. The van der Waals surface area contributed by atoms with Gasteiger partial charge in [0, 0.05) is 24.3 Å². The third-order valence-electron chi connectivity index (χ3n) is 4.70. The van der Waals surface area contributed by atoms with E-state index in [1.165, 1.54) is 7.11 Å². The normalized spacial score (nSPS) is 14.0. The number of carbonyl (C=O) groups excluding carboxylic acids is 1. The fourth-order valence-corrected chi connectivity index (χ4v) is 4.54. The number of anilines is 2. The molecule has 1 aliphatic heterocycles. The number of benzene rings is 2. The maximum Gasteiger partial charge on any atom is 0.255 e. The Hall–Kier alpha value is -2.55. The van der Waals surface area contributed by atoms with Gasteiger partial charge in [-0.05, 0) is 37.3 Å². The van der Waals surface area contributed by atoms with Crippen molar-refractivity contribution in [1.29, 1.82) is 0 Å². The van der Waals surface area contributed by atoms with Crippen molar-refractivity contribution in [3.05, 3.63) is 40.9 Å². The highest BCUT2D eigenvalue weighted by Crippen LogP contribution is 2.37. The van der Waals surface area contributed by atoms with E-state index in [1.54, 1.807) is 23.5 Å². The molecular weight excluding hydrogens is 426 g/mol. The van der Waals surface area contributed by atoms with Crippen LogP contribution in [0.1, 0.15) is 17.3 Å². The smallest absolute Gasteiger partial charge is 0.255 e. The average molecular weight is 448 g/mol. The molecule has 0 saturated carbocycles. The lowest BCUT2D eigenvalue weighted by Crippen LogP contribution is -2.36. The number of rotatable bonds is 6. The Morgan fingerprint density at radius 2 is 2.10 bits per heavy atom. The molecule has 7 nitrogen and oxygen atoms in total. The Kier molecular flexibility index (Phi) is 6.26. The Morgan fingerprint density at radius 3 is 2.83 bits per heavy atom. The van der Waals surface area contributed by atoms with E-state index < -0.39 is 0 Å². The third-order valence-corrected chi connectivity index (χ3v) is 6.06. The van der Waals surface area contributed by atoms with Gasteiger partial charge in [0.1, 0.15) is 0 Å². The van der Waals surface area contributed by atoms with E-state index in [2.05, 4.69) is 10.2 Å². The number of halogens is 1. The molecule has 3 aromatic rings. The van der Waals surface area contributed by atoms with Crippen LogP contribution in [0.2, 0.25) is 5.02 Å². The fourth-order valence-electron chi connectivity index (χ4n) is 3.22. The van der Waals surface area contributed by atoms with Crippen molar-refractivity contribution < 1.29 is 19.0 Å². The van der Waals surface area contributed by atoms with Crippen LogP contribution in [0.25, 0.3) is 10.2 Å². The van der Waals surface area contributed by atoms with Crippen molar-refractivity contribution in [2.45, 2.75) is 6.92 Å². The quantitative estimate of drug-likeness (QED) is 0.602. The molecule has 1 amide bonds. The summed E-state index contributed by atoms with van der Waals surface area (Å²) in [6.07, 6.45) is 0. The number of nitrogens with one attached hydrogen (secondary N) is 1. The predicted molar refractivity (Wildman–Crippen MR) is 120 cm³/mol. The second-order valence-electron chi connectivity index (χ2n) is 6.65. The molecule has 2 heterocycles. The van der Waals surface area contributed by atoms with E-state index in [1.807, 2.05) is 25.1 Å². The summed E-state index contributed by atoms with van der Waals surface area (Å²) in [5.41, 5.74) is 1.98. The summed E-state index contributed by atoms with van der Waals surface area (Å²) < 4.78 is 17.3. The van der Waals surface area contributed by atoms with Crippen molar-refractivity contribution in [2.24, 2.45) is 0 Å². The number of aromatic nitrogens is 1. The first-order valence-electron chi connectivity index (χ1n) is 9.64. The number of methoxy groups -OCH3 is 1. The molecule has 0 bridgehead atoms. The molecule has 1 fully saturated rings. The molecular formula is C21H22ClN3O4S. The van der Waals surface area contributed by atoms with E-state index in [-0.39, 0.29) is 5.91 Å². The van der Waals surface area contributed by atoms with Crippen LogP contribution in [-0.2, 0) is 4.74 Å². The zero-order valence-electron chi connectivity index (χ0n) is 16.7. The minimum Gasteiger partial charge on any atom is -0.493 e. The number of nitrogens with zero attached hydrogens (tertiary/aromatic N) is 2. The average Bonchev–Trinajstić information content (AvgIpc) is 3.19. The Bertz CT molecular complexity index is 1070. The summed E-state index contributed by atoms with van der Waals surface area (Å²) in [5.74, 6) is 0.568. The van der Waals surface area contributed by atoms with Gasteiger partial charge in [-0.1, -0.05) is 22.9 Å². The van der Waals surface area contributed by atoms with Gasteiger partial charge in [-0.3, -0.25) is 4.79 Å². The lowest BCUT2D eigenvalue weighted by Gasteiger charge is -2.25. The second-order valence-corrected chi connectivity index (χ2v) is 8.07. The molecule has 0 atom stereocenters. The molecule has 4 rings (SSSR count). The van der Waals surface area contributed by atoms with E-state index in [9.17, 15) is 4.79 Å². The maximum atomic E-state index is 12.8. The predicted octanol–water partition coefficient (Wildman–Crippen LogP) is 4.45. The lowest BCUT2D eigenvalue weighted by molar-refractivity contribution is 0.102. The first kappa shape index (κ1) is 20.7. The highest BCUT2D eigenvalue weighted by molar-refractivity contribution is 7.22. The van der Waals surface area contributed by atoms with Crippen LogP contribution in [-0.4, -0.2) is 50.9 Å². The molecule has 30 heavy (non-hydrogen) atoms. The first-order valence-corrected chi connectivity index (χ1v) is 10.8. The summed E-state index contributed by atoms with van der Waals surface area (Å²) >= 11 is 7.90. The summed E-state index contributed by atoms with van der Waals surface area (Å²) in [6, 6.07) is 8.88. The van der Waals surface area contributed by atoms with Crippen molar-refractivity contribution >= 4 is 49.9 Å². The second kappa shape index (κ2) is 9.07. The van der Waals surface area contributed by atoms with Gasteiger partial charge < -0.3 is 24.4 Å². The molecule has 1 saturated heterocycles. The molecule has 0 unspecified atom stereocenters. The first-order chi connectivity index (χ1) is 14.6. The van der Waals surface area contributed by atoms with Crippen LogP contribution in [0.4, 0.5) is 10.8 Å². The number of morpholine rings is 1. The van der Waals surface area contributed by atoms with E-state index in [0.29, 0.717) is 47.6 Å². The molecule has 1 aliphatic rings. The minimum atomic E-state index is -0.282. The summed E-state index contributed by atoms with van der Waals surface area (Å²) in [4.78, 5) is 19.7. The van der Waals surface area contributed by atoms with E-state index in [0.717, 1.165) is 28.4 Å². The molecule has 1 N–H and O–H groups in total. The molecule has 158 valence electrons. The number of ether oxygens (including phenoxy) is 3. The van der Waals surface area contributed by atoms with Gasteiger partial charge in [0.25, 0.3) is 5.91 Å². The number of hydrogen-bond donors (Lipinski definition) is 1. The van der Waals surface area contributed by atoms with Crippen molar-refractivity contribution in [2.75, 3.05) is 50.2 Å². The number of thiazole rings is 1. The van der Waals surface area contributed by atoms with Gasteiger partial charge in [-0.25, -0.2) is 4.98 Å². The van der Waals surface area contributed by atoms with Crippen molar-refractivity contribution in [3.8, 4) is 11.5 Å². The maximum absolute atomic E-state index is 12.8. The zero-order chi connectivity index (χ0) is 21.1. The van der Waals surface area contributed by atoms with Gasteiger partial charge in [0.2, 0.25) is 0 Å². The Balaban J connectivity index is 1.54. The van der Waals surface area contributed by atoms with Crippen LogP contribution in [0.3, 0.4) is 0 Å². The summed E-state index contributed by atoms with van der Waals surface area (Å²) in [6.45, 7) is 5.41. The van der Waals surface area contributed by atoms with Crippen LogP contribution in [0.15, 0.2) is 30.3 Å². The SMILES string of the molecule is CCOc1c(Cl)cc(C(=O)Nc2ccc3nc(N4CCOCC4)sc3c2)cc1OC. The number of fused-ring (bicyclic) bond motifs is 1. The van der Waals surface area contributed by atoms with Crippen LogP contribution in [0, 0.1) is 0 Å². The third kappa shape index (κ3) is 4.30. The molecule has 0 radical (unpaired) electrons. The summed E-state index contributed by atoms with van der Waals surface area (Å²) in [7, 11) is 1.51.